The minimum atomic E-state index is -0.884. The Morgan fingerprint density at radius 1 is 1.60 bits per heavy atom. The second-order valence-electron chi connectivity index (χ2n) is 2.16. The molecule has 1 radical (unpaired) electrons. The summed E-state index contributed by atoms with van der Waals surface area (Å²) in [6.07, 6.45) is 1.52. The molecule has 0 aliphatic heterocycles. The minimum absolute atomic E-state index is 0. The molecule has 0 saturated heterocycles. The molecule has 5 heteroatoms. The third-order valence-corrected chi connectivity index (χ3v) is 1.53. The number of rotatable bonds is 1. The quantitative estimate of drug-likeness (QED) is 0.302. The molecule has 0 amide bonds. The fourth-order valence-corrected chi connectivity index (χ4v) is 1.02. The first-order valence-electron chi connectivity index (χ1n) is 2.88. The van der Waals surface area contributed by atoms with E-state index < -0.39 is 11.0 Å². The molecule has 0 N–H and O–H groups in total. The van der Waals surface area contributed by atoms with Crippen molar-refractivity contribution >= 4 is 35.3 Å². The zero-order chi connectivity index (χ0) is 6.85. The summed E-state index contributed by atoms with van der Waals surface area (Å²) >= 11 is 0. The van der Waals surface area contributed by atoms with Crippen LogP contribution in [0.2, 0.25) is 0 Å². The summed E-state index contributed by atoms with van der Waals surface area (Å²) in [6.45, 7) is 0. The van der Waals surface area contributed by atoms with Gasteiger partial charge in [0.05, 0.1) is 0 Å². The zero-order valence-corrected chi connectivity index (χ0v) is 7.87. The molecule has 0 bridgehead atoms. The molecule has 1 saturated carbocycles. The predicted octanol–water partition coefficient (Wildman–Crippen LogP) is 0.00390. The fraction of sp³-hybridized carbons (Fsp3) is 0.800. The van der Waals surface area contributed by atoms with E-state index in [1.165, 1.54) is 0 Å². The maximum Gasteiger partial charge on any atom is 0.270 e. The van der Waals surface area contributed by atoms with Gasteiger partial charge in [0, 0.05) is 47.3 Å². The number of ketones is 1. The van der Waals surface area contributed by atoms with E-state index in [4.69, 9.17) is 0 Å². The van der Waals surface area contributed by atoms with Gasteiger partial charge in [-0.1, -0.05) is 0 Å². The average molecular weight is 152 g/mol. The summed E-state index contributed by atoms with van der Waals surface area (Å²) in [4.78, 5) is 20.1. The van der Waals surface area contributed by atoms with Crippen LogP contribution in [0.25, 0.3) is 0 Å². The van der Waals surface area contributed by atoms with Gasteiger partial charge in [0.25, 0.3) is 6.04 Å². The first-order chi connectivity index (χ1) is 4.22. The summed E-state index contributed by atoms with van der Waals surface area (Å²) in [6, 6.07) is -0.884. The van der Waals surface area contributed by atoms with Crippen molar-refractivity contribution < 1.29 is 9.72 Å². The molecule has 0 heterocycles. The standard InChI is InChI=1S/C5H7NO3.Na/c7-5-3-1-2-4(5)6(8)9;/h4H,1-3H2;. The van der Waals surface area contributed by atoms with Gasteiger partial charge in [0.2, 0.25) is 5.78 Å². The molecular formula is C5H7NNaO3. The molecule has 1 fully saturated rings. The Hall–Kier alpha value is 0.0700. The first kappa shape index (κ1) is 10.1. The van der Waals surface area contributed by atoms with Crippen LogP contribution in [0, 0.1) is 10.1 Å². The van der Waals surface area contributed by atoms with Crippen molar-refractivity contribution in [1.82, 2.24) is 0 Å². The van der Waals surface area contributed by atoms with E-state index in [2.05, 4.69) is 0 Å². The molecule has 0 aromatic rings. The van der Waals surface area contributed by atoms with Gasteiger partial charge in [0.15, 0.2) is 0 Å². The van der Waals surface area contributed by atoms with E-state index >= 15 is 0 Å². The second-order valence-corrected chi connectivity index (χ2v) is 2.16. The van der Waals surface area contributed by atoms with Gasteiger partial charge in [-0.3, -0.25) is 14.9 Å². The average Bonchev–Trinajstić information content (AvgIpc) is 2.13. The van der Waals surface area contributed by atoms with Crippen molar-refractivity contribution in [3.05, 3.63) is 10.1 Å². The molecule has 1 aliphatic carbocycles. The van der Waals surface area contributed by atoms with E-state index in [1.54, 1.807) is 0 Å². The van der Waals surface area contributed by atoms with Gasteiger partial charge < -0.3 is 0 Å². The summed E-state index contributed by atoms with van der Waals surface area (Å²) < 4.78 is 0. The van der Waals surface area contributed by atoms with Crippen LogP contribution in [0.15, 0.2) is 0 Å². The number of hydrogen-bond donors (Lipinski definition) is 0. The van der Waals surface area contributed by atoms with Crippen molar-refractivity contribution in [1.29, 1.82) is 0 Å². The Morgan fingerprint density at radius 3 is 2.40 bits per heavy atom. The van der Waals surface area contributed by atoms with Gasteiger partial charge in [-0.05, 0) is 6.42 Å². The van der Waals surface area contributed by atoms with Crippen LogP contribution in [0.1, 0.15) is 19.3 Å². The largest absolute Gasteiger partial charge is 0.292 e. The van der Waals surface area contributed by atoms with E-state index in [9.17, 15) is 14.9 Å². The predicted molar refractivity (Wildman–Crippen MR) is 35.4 cm³/mol. The maximum absolute atomic E-state index is 10.6. The summed E-state index contributed by atoms with van der Waals surface area (Å²) in [5.41, 5.74) is 0. The van der Waals surface area contributed by atoms with E-state index in [-0.39, 0.29) is 35.3 Å². The van der Waals surface area contributed by atoms with Crippen LogP contribution in [-0.4, -0.2) is 46.3 Å². The van der Waals surface area contributed by atoms with Crippen molar-refractivity contribution in [2.45, 2.75) is 25.3 Å². The number of hydrogen-bond acceptors (Lipinski definition) is 3. The van der Waals surface area contributed by atoms with Crippen LogP contribution < -0.4 is 0 Å². The number of carbonyl (C=O) groups is 1. The molecule has 1 unspecified atom stereocenters. The van der Waals surface area contributed by atoms with Gasteiger partial charge >= 0.3 is 0 Å². The molecule has 0 spiro atoms. The Morgan fingerprint density at radius 2 is 2.20 bits per heavy atom. The third kappa shape index (κ3) is 2.04. The molecule has 51 valence electrons. The third-order valence-electron chi connectivity index (χ3n) is 1.53. The fourth-order valence-electron chi connectivity index (χ4n) is 1.02. The molecule has 4 nitrogen and oxygen atoms in total. The Balaban J connectivity index is 0.000000810. The monoisotopic (exact) mass is 152 g/mol. The van der Waals surface area contributed by atoms with Crippen molar-refractivity contribution in [3.63, 3.8) is 0 Å². The maximum atomic E-state index is 10.6. The normalized spacial score (nSPS) is 24.0. The Kier molecular flexibility index (Phi) is 4.08. The Bertz CT molecular complexity index is 159. The molecule has 1 rings (SSSR count). The van der Waals surface area contributed by atoms with Crippen LogP contribution in [0.4, 0.5) is 0 Å². The number of nitrogens with zero attached hydrogens (tertiary/aromatic N) is 1. The van der Waals surface area contributed by atoms with Gasteiger partial charge in [-0.2, -0.15) is 0 Å². The van der Waals surface area contributed by atoms with Crippen molar-refractivity contribution in [2.24, 2.45) is 0 Å². The summed E-state index contributed by atoms with van der Waals surface area (Å²) in [5.74, 6) is -0.208. The topological polar surface area (TPSA) is 60.2 Å². The van der Waals surface area contributed by atoms with E-state index in [0.717, 1.165) is 0 Å². The van der Waals surface area contributed by atoms with Gasteiger partial charge in [-0.15, -0.1) is 0 Å². The molecule has 0 aromatic heterocycles. The number of nitro groups is 1. The van der Waals surface area contributed by atoms with Crippen molar-refractivity contribution in [3.8, 4) is 0 Å². The minimum Gasteiger partial charge on any atom is -0.292 e. The summed E-state index contributed by atoms with van der Waals surface area (Å²) in [5, 5.41) is 10.00. The van der Waals surface area contributed by atoms with Crippen LogP contribution >= 0.6 is 0 Å². The molecule has 10 heavy (non-hydrogen) atoms. The zero-order valence-electron chi connectivity index (χ0n) is 5.87. The molecule has 1 atom stereocenters. The molecule has 0 aromatic carbocycles. The van der Waals surface area contributed by atoms with Crippen LogP contribution in [0.5, 0.6) is 0 Å². The SMILES string of the molecule is O=C1CCCC1[N+](=O)[O-].[Na]. The summed E-state index contributed by atoms with van der Waals surface area (Å²) in [7, 11) is 0. The molecule has 1 aliphatic rings. The van der Waals surface area contributed by atoms with Crippen molar-refractivity contribution in [2.75, 3.05) is 0 Å². The Labute approximate surface area is 80.4 Å². The number of carbonyl (C=O) groups excluding carboxylic acids is 1. The second kappa shape index (κ2) is 4.05. The van der Waals surface area contributed by atoms with Crippen LogP contribution in [0.3, 0.4) is 0 Å². The smallest absolute Gasteiger partial charge is 0.270 e. The number of Topliss-reactive ketones (excluding diaryl/α,β-unsaturated/α-hetero) is 1. The van der Waals surface area contributed by atoms with Crippen LogP contribution in [-0.2, 0) is 4.79 Å². The van der Waals surface area contributed by atoms with E-state index in [1.807, 2.05) is 0 Å². The molecular weight excluding hydrogens is 145 g/mol. The van der Waals surface area contributed by atoms with E-state index in [0.29, 0.717) is 19.3 Å². The first-order valence-corrected chi connectivity index (χ1v) is 2.88. The van der Waals surface area contributed by atoms with Gasteiger partial charge in [-0.25, -0.2) is 0 Å². The van der Waals surface area contributed by atoms with Gasteiger partial charge in [0.1, 0.15) is 0 Å².